The first-order valence-corrected chi connectivity index (χ1v) is 14.4. The number of benzene rings is 2. The molecule has 0 saturated heterocycles. The fourth-order valence-electron chi connectivity index (χ4n) is 3.90. The second kappa shape index (κ2) is 12.9. The monoisotopic (exact) mass is 515 g/mol. The van der Waals surface area contributed by atoms with Crippen LogP contribution in [0.5, 0.6) is 0 Å². The molecule has 2 amide bonds. The van der Waals surface area contributed by atoms with E-state index in [-0.39, 0.29) is 30.8 Å². The maximum absolute atomic E-state index is 13.4. The Morgan fingerprint density at radius 3 is 2.22 bits per heavy atom. The Kier molecular flexibility index (Phi) is 10.5. The van der Waals surface area contributed by atoms with Crippen LogP contribution in [0.15, 0.2) is 42.5 Å². The minimum Gasteiger partial charge on any atom is -0.352 e. The first-order valence-electron chi connectivity index (χ1n) is 12.5. The van der Waals surface area contributed by atoms with Crippen molar-refractivity contribution in [1.82, 2.24) is 10.2 Å². The highest BCUT2D eigenvalue weighted by molar-refractivity contribution is 7.92. The van der Waals surface area contributed by atoms with E-state index in [1.807, 2.05) is 71.0 Å². The van der Waals surface area contributed by atoms with Crippen molar-refractivity contribution in [3.8, 4) is 0 Å². The number of hydrogen-bond donors (Lipinski definition) is 1. The maximum Gasteiger partial charge on any atom is 0.242 e. The van der Waals surface area contributed by atoms with Gasteiger partial charge in [-0.1, -0.05) is 37.3 Å². The van der Waals surface area contributed by atoms with E-state index in [0.29, 0.717) is 18.7 Å². The molecule has 0 fully saturated rings. The van der Waals surface area contributed by atoms with Crippen LogP contribution in [-0.2, 0) is 26.2 Å². The number of hydrogen-bond acceptors (Lipinski definition) is 4. The number of amides is 2. The number of nitrogens with one attached hydrogen (secondary N) is 1. The van der Waals surface area contributed by atoms with Gasteiger partial charge in [0.1, 0.15) is 6.04 Å². The van der Waals surface area contributed by atoms with E-state index in [1.54, 1.807) is 17.9 Å². The zero-order valence-electron chi connectivity index (χ0n) is 22.7. The molecule has 2 rings (SSSR count). The van der Waals surface area contributed by atoms with Gasteiger partial charge in [0.05, 0.1) is 11.9 Å². The van der Waals surface area contributed by atoms with Crippen LogP contribution in [0.25, 0.3) is 0 Å². The van der Waals surface area contributed by atoms with Crippen LogP contribution in [0.1, 0.15) is 62.3 Å². The summed E-state index contributed by atoms with van der Waals surface area (Å²) in [5, 5.41) is 2.97. The minimum absolute atomic E-state index is 0.0108. The molecule has 0 saturated carbocycles. The largest absolute Gasteiger partial charge is 0.352 e. The standard InChI is InChI=1S/C28H41N3O4S/c1-8-23(5)29-28(33)24(6)30(19-25-13-10-9-12-21(25)3)27(32)14-11-17-31(36(7,34)35)26-16-15-20(2)22(4)18-26/h9-10,12-13,15-16,18,23-24H,8,11,14,17,19H2,1-7H3,(H,29,33)/t23-,24-/m0/s1. The number of anilines is 1. The van der Waals surface area contributed by atoms with E-state index in [1.165, 1.54) is 10.6 Å². The van der Waals surface area contributed by atoms with Gasteiger partial charge in [0, 0.05) is 25.6 Å². The highest BCUT2D eigenvalue weighted by atomic mass is 32.2. The molecule has 0 unspecified atom stereocenters. The summed E-state index contributed by atoms with van der Waals surface area (Å²) in [5.74, 6) is -0.377. The minimum atomic E-state index is -3.52. The summed E-state index contributed by atoms with van der Waals surface area (Å²) in [5.41, 5.74) is 4.69. The van der Waals surface area contributed by atoms with Crippen molar-refractivity contribution in [2.24, 2.45) is 0 Å². The maximum atomic E-state index is 13.4. The Hall–Kier alpha value is -2.87. The van der Waals surface area contributed by atoms with Crippen LogP contribution in [-0.4, -0.2) is 50.0 Å². The van der Waals surface area contributed by atoms with Gasteiger partial charge in [0.25, 0.3) is 0 Å². The Morgan fingerprint density at radius 1 is 0.972 bits per heavy atom. The molecule has 0 spiro atoms. The average molecular weight is 516 g/mol. The molecule has 0 bridgehead atoms. The molecule has 2 aromatic rings. The summed E-state index contributed by atoms with van der Waals surface area (Å²) in [6.07, 6.45) is 2.44. The van der Waals surface area contributed by atoms with E-state index in [4.69, 9.17) is 0 Å². The Morgan fingerprint density at radius 2 is 1.64 bits per heavy atom. The Labute approximate surface area is 216 Å². The summed E-state index contributed by atoms with van der Waals surface area (Å²) in [6.45, 7) is 12.1. The zero-order chi connectivity index (χ0) is 27.0. The van der Waals surface area contributed by atoms with Gasteiger partial charge < -0.3 is 10.2 Å². The fourth-order valence-corrected chi connectivity index (χ4v) is 4.86. The first kappa shape index (κ1) is 29.4. The van der Waals surface area contributed by atoms with Gasteiger partial charge in [-0.2, -0.15) is 0 Å². The number of carbonyl (C=O) groups is 2. The third kappa shape index (κ3) is 8.08. The smallest absolute Gasteiger partial charge is 0.242 e. The van der Waals surface area contributed by atoms with Gasteiger partial charge >= 0.3 is 0 Å². The lowest BCUT2D eigenvalue weighted by Gasteiger charge is -2.30. The van der Waals surface area contributed by atoms with Gasteiger partial charge in [-0.3, -0.25) is 13.9 Å². The lowest BCUT2D eigenvalue weighted by atomic mass is 10.1. The van der Waals surface area contributed by atoms with Gasteiger partial charge in [0.2, 0.25) is 21.8 Å². The summed E-state index contributed by atoms with van der Waals surface area (Å²) in [4.78, 5) is 27.9. The van der Waals surface area contributed by atoms with Crippen LogP contribution in [0.4, 0.5) is 5.69 Å². The first-order chi connectivity index (χ1) is 16.8. The molecular weight excluding hydrogens is 474 g/mol. The third-order valence-electron chi connectivity index (χ3n) is 6.70. The number of rotatable bonds is 12. The van der Waals surface area contributed by atoms with Gasteiger partial charge in [-0.15, -0.1) is 0 Å². The summed E-state index contributed by atoms with van der Waals surface area (Å²) >= 11 is 0. The molecule has 8 heteroatoms. The summed E-state index contributed by atoms with van der Waals surface area (Å²) in [7, 11) is -3.52. The Bertz CT molecular complexity index is 1160. The molecule has 2 atom stereocenters. The molecule has 0 aliphatic heterocycles. The Balaban J connectivity index is 2.20. The van der Waals surface area contributed by atoms with Crippen LogP contribution in [0.2, 0.25) is 0 Å². The highest BCUT2D eigenvalue weighted by Gasteiger charge is 2.27. The molecule has 36 heavy (non-hydrogen) atoms. The van der Waals surface area contributed by atoms with Crippen LogP contribution in [0.3, 0.4) is 0 Å². The van der Waals surface area contributed by atoms with Crippen molar-refractivity contribution in [2.45, 2.75) is 79.4 Å². The van der Waals surface area contributed by atoms with Gasteiger partial charge in [0.15, 0.2) is 0 Å². The van der Waals surface area contributed by atoms with Crippen molar-refractivity contribution in [3.63, 3.8) is 0 Å². The quantitative estimate of drug-likeness (QED) is 0.451. The number of carbonyl (C=O) groups excluding carboxylic acids is 2. The van der Waals surface area contributed by atoms with Crippen LogP contribution < -0.4 is 9.62 Å². The predicted molar refractivity (Wildman–Crippen MR) is 146 cm³/mol. The van der Waals surface area contributed by atoms with E-state index in [0.717, 1.165) is 28.7 Å². The lowest BCUT2D eigenvalue weighted by molar-refractivity contribution is -0.140. The summed E-state index contributed by atoms with van der Waals surface area (Å²) < 4.78 is 26.4. The third-order valence-corrected chi connectivity index (χ3v) is 7.89. The number of nitrogens with zero attached hydrogens (tertiary/aromatic N) is 2. The molecule has 2 aromatic carbocycles. The normalized spacial score (nSPS) is 13.1. The van der Waals surface area contributed by atoms with Crippen LogP contribution in [0, 0.1) is 20.8 Å². The van der Waals surface area contributed by atoms with E-state index in [9.17, 15) is 18.0 Å². The topological polar surface area (TPSA) is 86.8 Å². The highest BCUT2D eigenvalue weighted by Crippen LogP contribution is 2.22. The predicted octanol–water partition coefficient (Wildman–Crippen LogP) is 4.49. The molecule has 198 valence electrons. The van der Waals surface area contributed by atoms with Crippen molar-refractivity contribution in [1.29, 1.82) is 0 Å². The lowest BCUT2D eigenvalue weighted by Crippen LogP contribution is -2.49. The molecule has 0 aliphatic rings. The SMILES string of the molecule is CC[C@H](C)NC(=O)[C@H](C)N(Cc1ccccc1C)C(=O)CCCN(c1ccc(C)c(C)c1)S(C)(=O)=O. The van der Waals surface area contributed by atoms with Crippen molar-refractivity contribution in [2.75, 3.05) is 17.1 Å². The number of aryl methyl sites for hydroxylation is 3. The van der Waals surface area contributed by atoms with Gasteiger partial charge in [-0.05, 0) is 81.8 Å². The van der Waals surface area contributed by atoms with Gasteiger partial charge in [-0.25, -0.2) is 8.42 Å². The van der Waals surface area contributed by atoms with Crippen molar-refractivity contribution >= 4 is 27.5 Å². The summed E-state index contributed by atoms with van der Waals surface area (Å²) in [6, 6.07) is 12.7. The molecule has 0 aromatic heterocycles. The van der Waals surface area contributed by atoms with Crippen LogP contribution >= 0.6 is 0 Å². The average Bonchev–Trinajstić information content (AvgIpc) is 2.81. The fraction of sp³-hybridized carbons (Fsp3) is 0.500. The van der Waals surface area contributed by atoms with E-state index < -0.39 is 16.1 Å². The molecule has 7 nitrogen and oxygen atoms in total. The number of sulfonamides is 1. The van der Waals surface area contributed by atoms with E-state index >= 15 is 0 Å². The molecule has 1 N–H and O–H groups in total. The second-order valence-corrected chi connectivity index (χ2v) is 11.6. The molecule has 0 heterocycles. The zero-order valence-corrected chi connectivity index (χ0v) is 23.5. The molecule has 0 aliphatic carbocycles. The molecule has 0 radical (unpaired) electrons. The second-order valence-electron chi connectivity index (χ2n) is 9.65. The van der Waals surface area contributed by atoms with E-state index in [2.05, 4.69) is 5.32 Å². The van der Waals surface area contributed by atoms with Crippen molar-refractivity contribution in [3.05, 3.63) is 64.7 Å². The van der Waals surface area contributed by atoms with Crippen molar-refractivity contribution < 1.29 is 18.0 Å². The molecular formula is C28H41N3O4S.